The van der Waals surface area contributed by atoms with Crippen LogP contribution in [0.25, 0.3) is 0 Å². The molecule has 3 N–H and O–H groups in total. The van der Waals surface area contributed by atoms with Gasteiger partial charge in [-0.1, -0.05) is 11.6 Å². The third kappa shape index (κ3) is 4.19. The van der Waals surface area contributed by atoms with Gasteiger partial charge in [-0.3, -0.25) is 9.48 Å². The number of amides is 1. The van der Waals surface area contributed by atoms with Crippen LogP contribution in [0, 0.1) is 12.7 Å². The number of hydrogen-bond donors (Lipinski definition) is 2. The molecule has 5 nitrogen and oxygen atoms in total. The number of carbonyl (C=O) groups excluding carboxylic acids is 1. The zero-order valence-electron chi connectivity index (χ0n) is 11.6. The van der Waals surface area contributed by atoms with Crippen LogP contribution >= 0.6 is 11.6 Å². The zero-order valence-corrected chi connectivity index (χ0v) is 12.3. The molecule has 112 valence electrons. The maximum absolute atomic E-state index is 12.9. The maximum Gasteiger partial charge on any atom is 0.224 e. The van der Waals surface area contributed by atoms with E-state index in [0.717, 1.165) is 5.69 Å². The van der Waals surface area contributed by atoms with Crippen LogP contribution in [0.1, 0.15) is 18.5 Å². The van der Waals surface area contributed by atoms with Crippen LogP contribution in [0.3, 0.4) is 0 Å². The summed E-state index contributed by atoms with van der Waals surface area (Å²) in [5.74, 6) is -0.611. The molecule has 0 saturated carbocycles. The molecule has 1 heterocycles. The van der Waals surface area contributed by atoms with E-state index in [-0.39, 0.29) is 11.6 Å². The van der Waals surface area contributed by atoms with Crippen molar-refractivity contribution in [2.45, 2.75) is 26.3 Å². The number of carbonyl (C=O) groups is 1. The van der Waals surface area contributed by atoms with Gasteiger partial charge in [0.1, 0.15) is 5.82 Å². The summed E-state index contributed by atoms with van der Waals surface area (Å²) in [4.78, 5) is 11.8. The van der Waals surface area contributed by atoms with E-state index < -0.39 is 5.82 Å². The summed E-state index contributed by atoms with van der Waals surface area (Å²) >= 11 is 5.90. The Bertz CT molecular complexity index is 637. The highest BCUT2D eigenvalue weighted by molar-refractivity contribution is 6.31. The number of anilines is 2. The van der Waals surface area contributed by atoms with Crippen molar-refractivity contribution in [1.82, 2.24) is 9.78 Å². The highest BCUT2D eigenvalue weighted by atomic mass is 35.5. The molecule has 0 aliphatic heterocycles. The SMILES string of the molecule is Cc1nn(CCCC(=O)Nc2ccc(F)cc2N)cc1Cl. The summed E-state index contributed by atoms with van der Waals surface area (Å²) in [5, 5.41) is 7.47. The standard InChI is InChI=1S/C14H16ClFN4O/c1-9-11(15)8-20(19-9)6-2-3-14(21)18-13-5-4-10(16)7-12(13)17/h4-5,7-8H,2-3,6,17H2,1H3,(H,18,21). The average molecular weight is 311 g/mol. The highest BCUT2D eigenvalue weighted by Crippen LogP contribution is 2.19. The minimum absolute atomic E-state index is 0.178. The summed E-state index contributed by atoms with van der Waals surface area (Å²) in [6.45, 7) is 2.42. The molecule has 0 atom stereocenters. The van der Waals surface area contributed by atoms with Crippen molar-refractivity contribution in [3.63, 3.8) is 0 Å². The van der Waals surface area contributed by atoms with E-state index in [0.29, 0.717) is 30.1 Å². The van der Waals surface area contributed by atoms with Crippen LogP contribution in [-0.4, -0.2) is 15.7 Å². The molecule has 1 amide bonds. The van der Waals surface area contributed by atoms with Gasteiger partial charge in [-0.05, 0) is 31.5 Å². The molecule has 0 saturated heterocycles. The molecule has 7 heteroatoms. The number of halogens is 2. The molecule has 0 aliphatic carbocycles. The van der Waals surface area contributed by atoms with Gasteiger partial charge >= 0.3 is 0 Å². The smallest absolute Gasteiger partial charge is 0.224 e. The van der Waals surface area contributed by atoms with Gasteiger partial charge in [0.15, 0.2) is 0 Å². The second-order valence-corrected chi connectivity index (χ2v) is 5.12. The molecular formula is C14H16ClFN4O. The first-order valence-corrected chi connectivity index (χ1v) is 6.88. The van der Waals surface area contributed by atoms with Crippen LogP contribution < -0.4 is 11.1 Å². The lowest BCUT2D eigenvalue weighted by Crippen LogP contribution is -2.14. The number of benzene rings is 1. The average Bonchev–Trinajstić information content (AvgIpc) is 2.72. The van der Waals surface area contributed by atoms with Crippen LogP contribution in [0.5, 0.6) is 0 Å². The van der Waals surface area contributed by atoms with Gasteiger partial charge < -0.3 is 11.1 Å². The predicted octanol–water partition coefficient (Wildman–Crippen LogP) is 2.99. The van der Waals surface area contributed by atoms with Crippen molar-refractivity contribution < 1.29 is 9.18 Å². The molecule has 0 unspecified atom stereocenters. The summed E-state index contributed by atoms with van der Waals surface area (Å²) < 4.78 is 14.6. The maximum atomic E-state index is 12.9. The fraction of sp³-hybridized carbons (Fsp3) is 0.286. The number of hydrogen-bond acceptors (Lipinski definition) is 3. The number of nitrogens with zero attached hydrogens (tertiary/aromatic N) is 2. The van der Waals surface area contributed by atoms with E-state index in [1.807, 2.05) is 6.92 Å². The Hall–Kier alpha value is -2.08. The largest absolute Gasteiger partial charge is 0.397 e. The van der Waals surface area contributed by atoms with Gasteiger partial charge in [-0.25, -0.2) is 4.39 Å². The van der Waals surface area contributed by atoms with E-state index in [1.54, 1.807) is 10.9 Å². The van der Waals surface area contributed by atoms with Gasteiger partial charge in [0, 0.05) is 19.2 Å². The molecule has 21 heavy (non-hydrogen) atoms. The molecule has 0 radical (unpaired) electrons. The van der Waals surface area contributed by atoms with E-state index in [9.17, 15) is 9.18 Å². The quantitative estimate of drug-likeness (QED) is 0.834. The van der Waals surface area contributed by atoms with Crippen molar-refractivity contribution in [3.8, 4) is 0 Å². The van der Waals surface area contributed by atoms with Gasteiger partial charge in [0.25, 0.3) is 0 Å². The lowest BCUT2D eigenvalue weighted by molar-refractivity contribution is -0.116. The number of rotatable bonds is 5. The van der Waals surface area contributed by atoms with Gasteiger partial charge in [0.2, 0.25) is 5.91 Å². The third-order valence-electron chi connectivity index (χ3n) is 2.97. The lowest BCUT2D eigenvalue weighted by Gasteiger charge is -2.08. The summed E-state index contributed by atoms with van der Waals surface area (Å²) in [6, 6.07) is 3.86. The Morgan fingerprint density at radius 1 is 1.52 bits per heavy atom. The zero-order chi connectivity index (χ0) is 15.4. The van der Waals surface area contributed by atoms with Crippen LogP contribution in [0.2, 0.25) is 5.02 Å². The van der Waals surface area contributed by atoms with Gasteiger partial charge in [-0.15, -0.1) is 0 Å². The first kappa shape index (κ1) is 15.3. The number of nitrogen functional groups attached to an aromatic ring is 1. The van der Waals surface area contributed by atoms with Crippen molar-refractivity contribution in [2.24, 2.45) is 0 Å². The minimum atomic E-state index is -0.434. The molecule has 0 fully saturated rings. The fourth-order valence-corrected chi connectivity index (χ4v) is 2.02. The Morgan fingerprint density at radius 2 is 2.29 bits per heavy atom. The molecule has 1 aromatic heterocycles. The summed E-state index contributed by atoms with van der Waals surface area (Å²) in [6.07, 6.45) is 2.66. The molecular weight excluding hydrogens is 295 g/mol. The third-order valence-corrected chi connectivity index (χ3v) is 3.34. The molecule has 0 aliphatic rings. The highest BCUT2D eigenvalue weighted by Gasteiger charge is 2.07. The summed E-state index contributed by atoms with van der Waals surface area (Å²) in [7, 11) is 0. The minimum Gasteiger partial charge on any atom is -0.397 e. The van der Waals surface area contributed by atoms with E-state index in [4.69, 9.17) is 17.3 Å². The Kier molecular flexibility index (Phi) is 4.80. The lowest BCUT2D eigenvalue weighted by atomic mass is 10.2. The molecule has 1 aromatic carbocycles. The molecule has 2 rings (SSSR count). The van der Waals surface area contributed by atoms with Crippen molar-refractivity contribution in [2.75, 3.05) is 11.1 Å². The normalized spacial score (nSPS) is 10.6. The molecule has 0 spiro atoms. The second kappa shape index (κ2) is 6.58. The topological polar surface area (TPSA) is 72.9 Å². The van der Waals surface area contributed by atoms with Crippen molar-refractivity contribution in [3.05, 3.63) is 40.9 Å². The molecule has 0 bridgehead atoms. The Labute approximate surface area is 126 Å². The number of aryl methyl sites for hydroxylation is 2. The first-order valence-electron chi connectivity index (χ1n) is 6.50. The number of nitrogens with one attached hydrogen (secondary N) is 1. The van der Waals surface area contributed by atoms with Crippen molar-refractivity contribution in [1.29, 1.82) is 0 Å². The Morgan fingerprint density at radius 3 is 2.90 bits per heavy atom. The summed E-state index contributed by atoms with van der Waals surface area (Å²) in [5.41, 5.74) is 7.01. The van der Waals surface area contributed by atoms with Crippen LogP contribution in [0.15, 0.2) is 24.4 Å². The van der Waals surface area contributed by atoms with E-state index >= 15 is 0 Å². The van der Waals surface area contributed by atoms with Gasteiger partial charge in [-0.2, -0.15) is 5.10 Å². The van der Waals surface area contributed by atoms with Crippen LogP contribution in [0.4, 0.5) is 15.8 Å². The van der Waals surface area contributed by atoms with Crippen LogP contribution in [-0.2, 0) is 11.3 Å². The Balaban J connectivity index is 1.82. The first-order chi connectivity index (χ1) is 9.95. The monoisotopic (exact) mass is 310 g/mol. The fourth-order valence-electron chi connectivity index (χ4n) is 1.87. The van der Waals surface area contributed by atoms with E-state index in [2.05, 4.69) is 10.4 Å². The van der Waals surface area contributed by atoms with E-state index in [1.165, 1.54) is 18.2 Å². The van der Waals surface area contributed by atoms with Gasteiger partial charge in [0.05, 0.1) is 22.1 Å². The number of nitrogens with two attached hydrogens (primary N) is 1. The second-order valence-electron chi connectivity index (χ2n) is 4.71. The predicted molar refractivity (Wildman–Crippen MR) is 80.7 cm³/mol. The number of aromatic nitrogens is 2. The van der Waals surface area contributed by atoms with Crippen molar-refractivity contribution >= 4 is 28.9 Å². The molecule has 2 aromatic rings.